The highest BCUT2D eigenvalue weighted by Crippen LogP contribution is 2.42. The first-order valence-electron chi connectivity index (χ1n) is 8.91. The van der Waals surface area contributed by atoms with Gasteiger partial charge >= 0.3 is 0 Å². The summed E-state index contributed by atoms with van der Waals surface area (Å²) >= 11 is 5.91. The molecule has 2 atom stereocenters. The largest absolute Gasteiger partial charge is 0.386 e. The Hall–Kier alpha value is -1.92. The number of imidazole rings is 1. The molecule has 1 saturated carbocycles. The van der Waals surface area contributed by atoms with Crippen molar-refractivity contribution >= 4 is 17.3 Å². The molecular formula is C19H21ClFN3O2. The lowest BCUT2D eigenvalue weighted by atomic mass is 9.76. The number of hydrogen-bond acceptors (Lipinski definition) is 4. The van der Waals surface area contributed by atoms with Gasteiger partial charge in [0.2, 0.25) is 0 Å². The normalized spacial score (nSPS) is 22.9. The van der Waals surface area contributed by atoms with E-state index in [9.17, 15) is 9.50 Å². The van der Waals surface area contributed by atoms with E-state index in [4.69, 9.17) is 16.4 Å². The maximum atomic E-state index is 14.7. The summed E-state index contributed by atoms with van der Waals surface area (Å²) in [6.45, 7) is 1.85. The summed E-state index contributed by atoms with van der Waals surface area (Å²) in [5.41, 5.74) is 0.831. The molecule has 0 saturated heterocycles. The molecule has 1 aliphatic heterocycles. The van der Waals surface area contributed by atoms with Gasteiger partial charge in [-0.3, -0.25) is 0 Å². The number of hydrogen-bond donors (Lipinski definition) is 2. The predicted octanol–water partition coefficient (Wildman–Crippen LogP) is 4.09. The van der Waals surface area contributed by atoms with Crippen LogP contribution in [0.1, 0.15) is 55.1 Å². The molecule has 7 heteroatoms. The fourth-order valence-corrected chi connectivity index (χ4v) is 4.16. The van der Waals surface area contributed by atoms with Gasteiger partial charge in [-0.25, -0.2) is 9.37 Å². The second-order valence-corrected chi connectivity index (χ2v) is 7.60. The molecule has 2 N–H and O–H groups in total. The van der Waals surface area contributed by atoms with Crippen molar-refractivity contribution in [2.45, 2.75) is 56.7 Å². The molecule has 2 aliphatic rings. The molecule has 26 heavy (non-hydrogen) atoms. The van der Waals surface area contributed by atoms with E-state index in [1.165, 1.54) is 6.07 Å². The van der Waals surface area contributed by atoms with Crippen LogP contribution in [-0.4, -0.2) is 32.5 Å². The van der Waals surface area contributed by atoms with Crippen molar-refractivity contribution in [3.05, 3.63) is 52.3 Å². The maximum Gasteiger partial charge on any atom is 0.168 e. The molecule has 1 aromatic heterocycles. The molecule has 1 fully saturated rings. The number of H-pyrrole nitrogens is 1. The van der Waals surface area contributed by atoms with E-state index in [0.29, 0.717) is 22.1 Å². The number of aromatic nitrogens is 2. The van der Waals surface area contributed by atoms with E-state index < -0.39 is 23.4 Å². The van der Waals surface area contributed by atoms with Crippen LogP contribution in [0, 0.1) is 12.7 Å². The predicted molar refractivity (Wildman–Crippen MR) is 96.9 cm³/mol. The van der Waals surface area contributed by atoms with E-state index in [0.717, 1.165) is 37.8 Å². The van der Waals surface area contributed by atoms with Gasteiger partial charge in [0.15, 0.2) is 5.60 Å². The molecule has 0 radical (unpaired) electrons. The maximum absolute atomic E-state index is 14.7. The van der Waals surface area contributed by atoms with Crippen LogP contribution in [0.2, 0.25) is 5.02 Å². The first kappa shape index (κ1) is 17.5. The highest BCUT2D eigenvalue weighted by molar-refractivity contribution is 6.30. The number of rotatable bonds is 3. The van der Waals surface area contributed by atoms with Gasteiger partial charge in [0.05, 0.1) is 11.6 Å². The average Bonchev–Trinajstić information content (AvgIpc) is 3.17. The summed E-state index contributed by atoms with van der Waals surface area (Å²) in [4.78, 5) is 13.3. The fraction of sp³-hybridized carbons (Fsp3) is 0.474. The van der Waals surface area contributed by atoms with Gasteiger partial charge < -0.3 is 14.9 Å². The SMILES string of the molecule is Cc1c[nH]c(C(C2=NOC3(CCCCC3)C2O)c2ccc(Cl)cc2F)n1. The molecule has 0 bridgehead atoms. The van der Waals surface area contributed by atoms with Gasteiger partial charge in [0.25, 0.3) is 0 Å². The molecule has 5 nitrogen and oxygen atoms in total. The smallest absolute Gasteiger partial charge is 0.168 e. The Bertz CT molecular complexity index is 845. The second kappa shape index (κ2) is 6.67. The van der Waals surface area contributed by atoms with Crippen molar-refractivity contribution in [2.75, 3.05) is 0 Å². The fourth-order valence-electron chi connectivity index (χ4n) is 4.00. The highest BCUT2D eigenvalue weighted by atomic mass is 35.5. The van der Waals surface area contributed by atoms with E-state index >= 15 is 0 Å². The van der Waals surface area contributed by atoms with Crippen LogP contribution in [-0.2, 0) is 4.84 Å². The summed E-state index contributed by atoms with van der Waals surface area (Å²) in [5.74, 6) is -0.591. The first-order chi connectivity index (χ1) is 12.5. The highest BCUT2D eigenvalue weighted by Gasteiger charge is 2.51. The van der Waals surface area contributed by atoms with Crippen molar-refractivity contribution in [2.24, 2.45) is 5.16 Å². The van der Waals surface area contributed by atoms with Gasteiger partial charge in [-0.2, -0.15) is 0 Å². The number of oxime groups is 1. The summed E-state index contributed by atoms with van der Waals surface area (Å²) in [6, 6.07) is 4.50. The van der Waals surface area contributed by atoms with Crippen LogP contribution < -0.4 is 0 Å². The second-order valence-electron chi connectivity index (χ2n) is 7.16. The number of aliphatic hydroxyl groups is 1. The molecule has 0 amide bonds. The number of aromatic amines is 1. The van der Waals surface area contributed by atoms with Crippen LogP contribution >= 0.6 is 11.6 Å². The third-order valence-electron chi connectivity index (χ3n) is 5.38. The lowest BCUT2D eigenvalue weighted by Crippen LogP contribution is -2.46. The van der Waals surface area contributed by atoms with Gasteiger partial charge in [-0.15, -0.1) is 0 Å². The summed E-state index contributed by atoms with van der Waals surface area (Å²) in [6.07, 6.45) is 5.44. The van der Waals surface area contributed by atoms with Crippen LogP contribution in [0.3, 0.4) is 0 Å². The van der Waals surface area contributed by atoms with E-state index in [-0.39, 0.29) is 0 Å². The minimum absolute atomic E-state index is 0.314. The number of benzene rings is 1. The van der Waals surface area contributed by atoms with Crippen LogP contribution in [0.15, 0.2) is 29.6 Å². The Kier molecular flexibility index (Phi) is 4.49. The molecule has 138 valence electrons. The zero-order valence-corrected chi connectivity index (χ0v) is 15.3. The average molecular weight is 378 g/mol. The molecule has 4 rings (SSSR count). The van der Waals surface area contributed by atoms with Gasteiger partial charge in [-0.1, -0.05) is 29.2 Å². The summed E-state index contributed by atoms with van der Waals surface area (Å²) in [5, 5.41) is 15.6. The number of nitrogens with one attached hydrogen (secondary N) is 1. The van der Waals surface area contributed by atoms with Crippen molar-refractivity contribution in [3.8, 4) is 0 Å². The third kappa shape index (κ3) is 2.91. The monoisotopic (exact) mass is 377 g/mol. The summed E-state index contributed by atoms with van der Waals surface area (Å²) in [7, 11) is 0. The minimum atomic E-state index is -0.895. The molecular weight excluding hydrogens is 357 g/mol. The molecule has 1 spiro atoms. The molecule has 2 heterocycles. The minimum Gasteiger partial charge on any atom is -0.386 e. The van der Waals surface area contributed by atoms with E-state index in [1.54, 1.807) is 18.3 Å². The molecule has 2 aromatic rings. The van der Waals surface area contributed by atoms with Crippen molar-refractivity contribution in [1.82, 2.24) is 9.97 Å². The quantitative estimate of drug-likeness (QED) is 0.846. The van der Waals surface area contributed by atoms with Gasteiger partial charge in [-0.05, 0) is 44.7 Å². The van der Waals surface area contributed by atoms with E-state index in [2.05, 4.69) is 15.1 Å². The van der Waals surface area contributed by atoms with Gasteiger partial charge in [0.1, 0.15) is 23.5 Å². The van der Waals surface area contributed by atoms with Crippen LogP contribution in [0.25, 0.3) is 0 Å². The van der Waals surface area contributed by atoms with Crippen LogP contribution in [0.4, 0.5) is 4.39 Å². The molecule has 1 aromatic carbocycles. The number of nitrogens with zero attached hydrogens (tertiary/aromatic N) is 2. The standard InChI is InChI=1S/C19H21ClFN3O2/c1-11-10-22-18(23-11)15(13-6-5-12(20)9-14(13)21)16-17(25)19(26-24-16)7-3-2-4-8-19/h5-6,9-10,15,17,25H,2-4,7-8H2,1H3,(H,22,23). The zero-order valence-electron chi connectivity index (χ0n) is 14.5. The lowest BCUT2D eigenvalue weighted by Gasteiger charge is -2.34. The number of aliphatic hydroxyl groups excluding tert-OH is 1. The first-order valence-corrected chi connectivity index (χ1v) is 9.29. The van der Waals surface area contributed by atoms with Crippen molar-refractivity contribution in [1.29, 1.82) is 0 Å². The lowest BCUT2D eigenvalue weighted by molar-refractivity contribution is -0.0971. The number of aryl methyl sites for hydroxylation is 1. The molecule has 2 unspecified atom stereocenters. The number of halogens is 2. The Morgan fingerprint density at radius 1 is 1.35 bits per heavy atom. The van der Waals surface area contributed by atoms with E-state index in [1.807, 2.05) is 6.92 Å². The molecule has 1 aliphatic carbocycles. The topological polar surface area (TPSA) is 70.5 Å². The zero-order chi connectivity index (χ0) is 18.3. The Morgan fingerprint density at radius 3 is 2.77 bits per heavy atom. The Labute approximate surface area is 156 Å². The Balaban J connectivity index is 1.76. The third-order valence-corrected chi connectivity index (χ3v) is 5.61. The van der Waals surface area contributed by atoms with Crippen molar-refractivity contribution in [3.63, 3.8) is 0 Å². The van der Waals surface area contributed by atoms with Crippen molar-refractivity contribution < 1.29 is 14.3 Å². The summed E-state index contributed by atoms with van der Waals surface area (Å²) < 4.78 is 14.7. The van der Waals surface area contributed by atoms with Gasteiger partial charge in [0, 0.05) is 16.8 Å². The van der Waals surface area contributed by atoms with Crippen LogP contribution in [0.5, 0.6) is 0 Å². The Morgan fingerprint density at radius 2 is 2.12 bits per heavy atom.